The smallest absolute Gasteiger partial charge is 0.270 e. The molecule has 3 amide bonds. The Morgan fingerprint density at radius 2 is 1.86 bits per heavy atom. The average Bonchev–Trinajstić information content (AvgIpc) is 2.68. The number of carbonyl (C=O) groups excluding carboxylic acids is 4. The molecule has 0 saturated carbocycles. The third kappa shape index (κ3) is 3.89. The highest BCUT2D eigenvalue weighted by molar-refractivity contribution is 6.03. The number of pyridine rings is 1. The fourth-order valence-corrected chi connectivity index (χ4v) is 3.93. The number of hydrogen-bond acceptors (Lipinski definition) is 7. The summed E-state index contributed by atoms with van der Waals surface area (Å²) in [5.74, 6) is -0.907. The van der Waals surface area contributed by atoms with Gasteiger partial charge in [-0.05, 0) is 31.4 Å². The Labute approximate surface area is 162 Å². The molecule has 1 aromatic rings. The van der Waals surface area contributed by atoms with Crippen molar-refractivity contribution in [2.24, 2.45) is 0 Å². The van der Waals surface area contributed by atoms with Gasteiger partial charge in [-0.2, -0.15) is 0 Å². The number of rotatable bonds is 4. The zero-order valence-electron chi connectivity index (χ0n) is 15.5. The van der Waals surface area contributed by atoms with E-state index in [0.717, 1.165) is 31.6 Å². The molecule has 3 saturated heterocycles. The molecular formula is C19H23N5O4. The van der Waals surface area contributed by atoms with E-state index in [1.54, 1.807) is 12.3 Å². The van der Waals surface area contributed by atoms with Crippen LogP contribution in [0.3, 0.4) is 0 Å². The molecular weight excluding hydrogens is 362 g/mol. The van der Waals surface area contributed by atoms with Crippen LogP contribution in [0.2, 0.25) is 0 Å². The van der Waals surface area contributed by atoms with Gasteiger partial charge in [-0.1, -0.05) is 0 Å². The molecule has 0 aliphatic carbocycles. The third-order valence-electron chi connectivity index (χ3n) is 5.63. The Kier molecular flexibility index (Phi) is 5.08. The largest absolute Gasteiger partial charge is 0.370 e. The van der Waals surface area contributed by atoms with Crippen LogP contribution in [0.1, 0.15) is 36.2 Å². The zero-order valence-corrected chi connectivity index (χ0v) is 15.5. The summed E-state index contributed by atoms with van der Waals surface area (Å²) < 4.78 is 0. The number of ketones is 1. The fraction of sp³-hybridized carbons (Fsp3) is 0.526. The Balaban J connectivity index is 1.30. The minimum atomic E-state index is -0.709. The van der Waals surface area contributed by atoms with Crippen molar-refractivity contribution in [2.75, 3.05) is 31.1 Å². The molecule has 1 atom stereocenters. The van der Waals surface area contributed by atoms with E-state index < -0.39 is 17.9 Å². The van der Waals surface area contributed by atoms with Gasteiger partial charge in [0.25, 0.3) is 5.91 Å². The first kappa shape index (κ1) is 18.5. The topological polar surface area (TPSA) is 112 Å². The van der Waals surface area contributed by atoms with Gasteiger partial charge in [0.05, 0.1) is 25.0 Å². The number of hydrogen-bond donors (Lipinski definition) is 2. The number of aromatic nitrogens is 1. The predicted octanol–water partition coefficient (Wildman–Crippen LogP) is -0.530. The molecule has 0 aromatic carbocycles. The van der Waals surface area contributed by atoms with Crippen LogP contribution in [-0.4, -0.2) is 71.7 Å². The lowest BCUT2D eigenvalue weighted by Crippen LogP contribution is -2.55. The number of likely N-dealkylation sites (tertiary alicyclic amines) is 1. The first-order valence-electron chi connectivity index (χ1n) is 9.61. The van der Waals surface area contributed by atoms with Crippen LogP contribution < -0.4 is 15.5 Å². The summed E-state index contributed by atoms with van der Waals surface area (Å²) in [5, 5.41) is 4.85. The number of imide groups is 1. The van der Waals surface area contributed by atoms with E-state index in [9.17, 15) is 19.2 Å². The highest BCUT2D eigenvalue weighted by Gasteiger charge is 2.33. The number of nitrogens with zero attached hydrogens (tertiary/aromatic N) is 3. The van der Waals surface area contributed by atoms with Gasteiger partial charge in [-0.15, -0.1) is 0 Å². The normalized spacial score (nSPS) is 23.9. The summed E-state index contributed by atoms with van der Waals surface area (Å²) >= 11 is 0. The lowest BCUT2D eigenvalue weighted by atomic mass is 9.99. The molecule has 28 heavy (non-hydrogen) atoms. The molecule has 2 N–H and O–H groups in total. The van der Waals surface area contributed by atoms with Crippen molar-refractivity contribution < 1.29 is 19.2 Å². The molecule has 4 heterocycles. The van der Waals surface area contributed by atoms with E-state index in [-0.39, 0.29) is 18.0 Å². The van der Waals surface area contributed by atoms with Crippen LogP contribution in [0.4, 0.5) is 5.69 Å². The molecule has 3 aliphatic heterocycles. The molecule has 4 rings (SSSR count). The second-order valence-corrected chi connectivity index (χ2v) is 7.54. The Morgan fingerprint density at radius 3 is 2.46 bits per heavy atom. The van der Waals surface area contributed by atoms with Gasteiger partial charge in [0.15, 0.2) is 5.78 Å². The number of amides is 3. The summed E-state index contributed by atoms with van der Waals surface area (Å²) in [4.78, 5) is 55.1. The van der Waals surface area contributed by atoms with Crippen LogP contribution in [-0.2, 0) is 14.4 Å². The lowest BCUT2D eigenvalue weighted by molar-refractivity contribution is -0.134. The molecule has 9 heteroatoms. The summed E-state index contributed by atoms with van der Waals surface area (Å²) in [6.07, 6.45) is 4.19. The van der Waals surface area contributed by atoms with Gasteiger partial charge in [0.2, 0.25) is 11.8 Å². The Bertz CT molecular complexity index is 793. The van der Waals surface area contributed by atoms with Gasteiger partial charge in [-0.25, -0.2) is 4.98 Å². The van der Waals surface area contributed by atoms with Crippen molar-refractivity contribution >= 4 is 29.2 Å². The van der Waals surface area contributed by atoms with E-state index in [1.165, 1.54) is 0 Å². The van der Waals surface area contributed by atoms with E-state index >= 15 is 0 Å². The quantitative estimate of drug-likeness (QED) is 0.670. The Hall–Kier alpha value is -2.81. The standard InChI is InChI=1S/C19H23N5O4/c25-14-10-24(11-14)12-5-7-23(8-6-12)13-1-2-15(20-9-13)18(27)21-16-3-4-17(26)22-19(16)28/h1-2,9,12,16H,3-8,10-11H2,(H,21,27)(H,22,26,28). The molecule has 1 unspecified atom stereocenters. The predicted molar refractivity (Wildman–Crippen MR) is 99.7 cm³/mol. The van der Waals surface area contributed by atoms with Crippen molar-refractivity contribution in [1.29, 1.82) is 0 Å². The fourth-order valence-electron chi connectivity index (χ4n) is 3.93. The molecule has 9 nitrogen and oxygen atoms in total. The number of anilines is 1. The summed E-state index contributed by atoms with van der Waals surface area (Å²) in [6.45, 7) is 2.95. The molecule has 148 valence electrons. The maximum Gasteiger partial charge on any atom is 0.270 e. The van der Waals surface area contributed by atoms with Gasteiger partial charge < -0.3 is 10.2 Å². The van der Waals surface area contributed by atoms with Crippen molar-refractivity contribution in [3.05, 3.63) is 24.0 Å². The first-order valence-corrected chi connectivity index (χ1v) is 9.61. The van der Waals surface area contributed by atoms with Crippen LogP contribution in [0.15, 0.2) is 18.3 Å². The van der Waals surface area contributed by atoms with Crippen LogP contribution >= 0.6 is 0 Å². The van der Waals surface area contributed by atoms with Crippen LogP contribution in [0, 0.1) is 0 Å². The van der Waals surface area contributed by atoms with E-state index in [0.29, 0.717) is 31.3 Å². The molecule has 1 aromatic heterocycles. The highest BCUT2D eigenvalue weighted by Crippen LogP contribution is 2.24. The van der Waals surface area contributed by atoms with Crippen molar-refractivity contribution in [3.63, 3.8) is 0 Å². The number of nitrogens with one attached hydrogen (secondary N) is 2. The molecule has 3 fully saturated rings. The number of Topliss-reactive ketones (excluding diaryl/α,β-unsaturated/α-hetero) is 1. The van der Waals surface area contributed by atoms with Gasteiger partial charge in [-0.3, -0.25) is 29.4 Å². The van der Waals surface area contributed by atoms with Crippen molar-refractivity contribution in [2.45, 2.75) is 37.8 Å². The zero-order chi connectivity index (χ0) is 19.7. The third-order valence-corrected chi connectivity index (χ3v) is 5.63. The van der Waals surface area contributed by atoms with E-state index in [4.69, 9.17) is 0 Å². The molecule has 0 bridgehead atoms. The minimum Gasteiger partial charge on any atom is -0.370 e. The maximum atomic E-state index is 12.3. The molecule has 3 aliphatic rings. The molecule has 0 spiro atoms. The number of carbonyl (C=O) groups is 4. The van der Waals surface area contributed by atoms with Crippen LogP contribution in [0.5, 0.6) is 0 Å². The average molecular weight is 385 g/mol. The Morgan fingerprint density at radius 1 is 1.11 bits per heavy atom. The highest BCUT2D eigenvalue weighted by atomic mass is 16.2. The second kappa shape index (κ2) is 7.67. The van der Waals surface area contributed by atoms with Crippen molar-refractivity contribution in [1.82, 2.24) is 20.5 Å². The minimum absolute atomic E-state index is 0.213. The summed E-state index contributed by atoms with van der Waals surface area (Å²) in [7, 11) is 0. The lowest BCUT2D eigenvalue weighted by Gasteiger charge is -2.42. The van der Waals surface area contributed by atoms with Gasteiger partial charge >= 0.3 is 0 Å². The van der Waals surface area contributed by atoms with Gasteiger partial charge in [0.1, 0.15) is 11.7 Å². The summed E-state index contributed by atoms with van der Waals surface area (Å²) in [5.41, 5.74) is 1.19. The monoisotopic (exact) mass is 385 g/mol. The SMILES string of the molecule is O=C1CN(C2CCN(c3ccc(C(=O)NC4CCC(=O)NC4=O)nc3)CC2)C1. The number of piperidine rings is 2. The van der Waals surface area contributed by atoms with E-state index in [1.807, 2.05) is 6.07 Å². The maximum absolute atomic E-state index is 12.3. The van der Waals surface area contributed by atoms with E-state index in [2.05, 4.69) is 25.4 Å². The van der Waals surface area contributed by atoms with Gasteiger partial charge in [0, 0.05) is 25.6 Å². The summed E-state index contributed by atoms with van der Waals surface area (Å²) in [6, 6.07) is 3.27. The second-order valence-electron chi connectivity index (χ2n) is 7.54. The first-order chi connectivity index (χ1) is 13.5. The van der Waals surface area contributed by atoms with Crippen molar-refractivity contribution in [3.8, 4) is 0 Å². The molecule has 0 radical (unpaired) electrons. The van der Waals surface area contributed by atoms with Crippen LogP contribution in [0.25, 0.3) is 0 Å².